The molecule has 1 heterocycles. The van der Waals surface area contributed by atoms with Crippen LogP contribution in [0.3, 0.4) is 0 Å². The number of hydrogen-bond acceptors (Lipinski definition) is 1. The number of rotatable bonds is 2. The minimum Gasteiger partial charge on any atom is -0.358 e. The summed E-state index contributed by atoms with van der Waals surface area (Å²) in [6.45, 7) is 4.22. The van der Waals surface area contributed by atoms with Crippen LogP contribution in [0.2, 0.25) is 5.02 Å². The Morgan fingerprint density at radius 2 is 2.00 bits per heavy atom. The molecule has 2 nitrogen and oxygen atoms in total. The lowest BCUT2D eigenvalue weighted by Crippen LogP contribution is -2.45. The number of hydrogen-bond donors (Lipinski definition) is 2. The first kappa shape index (κ1) is 11.1. The minimum atomic E-state index is -0.183. The van der Waals surface area contributed by atoms with Gasteiger partial charge in [-0.15, -0.1) is 0 Å². The summed E-state index contributed by atoms with van der Waals surface area (Å²) in [4.78, 5) is 3.49. The lowest BCUT2D eigenvalue weighted by Gasteiger charge is -2.30. The summed E-state index contributed by atoms with van der Waals surface area (Å²) >= 11 is 6.01. The Balaban J connectivity index is 2.13. The predicted molar refractivity (Wildman–Crippen MR) is 72.5 cm³/mol. The molecule has 1 fully saturated rings. The Morgan fingerprint density at radius 3 is 2.59 bits per heavy atom. The molecule has 0 atom stereocenters. The zero-order valence-electron chi connectivity index (χ0n) is 10.2. The fraction of sp³-hybridized carbons (Fsp3) is 0.429. The van der Waals surface area contributed by atoms with Crippen LogP contribution in [0.15, 0.2) is 24.3 Å². The quantitative estimate of drug-likeness (QED) is 0.838. The third-order valence-electron chi connectivity index (χ3n) is 4.08. The third-order valence-corrected chi connectivity index (χ3v) is 4.32. The van der Waals surface area contributed by atoms with E-state index in [1.54, 1.807) is 0 Å². The van der Waals surface area contributed by atoms with Crippen molar-refractivity contribution in [1.82, 2.24) is 4.98 Å². The summed E-state index contributed by atoms with van der Waals surface area (Å²) in [6, 6.07) is 8.14. The fourth-order valence-electron chi connectivity index (χ4n) is 2.75. The van der Waals surface area contributed by atoms with Crippen molar-refractivity contribution in [3.05, 3.63) is 35.0 Å². The van der Waals surface area contributed by atoms with Crippen LogP contribution in [0.25, 0.3) is 10.9 Å². The number of halogens is 1. The molecule has 1 aliphatic rings. The van der Waals surface area contributed by atoms with Crippen LogP contribution < -0.4 is 5.73 Å². The Morgan fingerprint density at radius 1 is 1.29 bits per heavy atom. The summed E-state index contributed by atoms with van der Waals surface area (Å²) in [5.41, 5.74) is 8.64. The van der Waals surface area contributed by atoms with Gasteiger partial charge >= 0.3 is 0 Å². The molecule has 2 aromatic rings. The van der Waals surface area contributed by atoms with Gasteiger partial charge in [0.25, 0.3) is 0 Å². The normalized spacial score (nSPS) is 18.6. The number of H-pyrrole nitrogens is 1. The average Bonchev–Trinajstić information content (AvgIpc) is 2.94. The summed E-state index contributed by atoms with van der Waals surface area (Å²) in [7, 11) is 0. The van der Waals surface area contributed by atoms with Gasteiger partial charge in [-0.1, -0.05) is 11.6 Å². The predicted octanol–water partition coefficient (Wildman–Crippen LogP) is 3.59. The highest BCUT2D eigenvalue weighted by Gasteiger charge is 2.54. The van der Waals surface area contributed by atoms with Crippen LogP contribution in [0.1, 0.15) is 32.4 Å². The fourth-order valence-corrected chi connectivity index (χ4v) is 2.93. The van der Waals surface area contributed by atoms with Crippen molar-refractivity contribution >= 4 is 22.5 Å². The monoisotopic (exact) mass is 248 g/mol. The number of aromatic amines is 1. The first-order chi connectivity index (χ1) is 7.92. The second-order valence-corrected chi connectivity index (χ2v) is 6.15. The summed E-state index contributed by atoms with van der Waals surface area (Å²) in [6.07, 6.45) is 2.33. The summed E-state index contributed by atoms with van der Waals surface area (Å²) in [5, 5.41) is 1.95. The van der Waals surface area contributed by atoms with Gasteiger partial charge in [0, 0.05) is 32.6 Å². The van der Waals surface area contributed by atoms with E-state index in [9.17, 15) is 0 Å². The Kier molecular flexibility index (Phi) is 2.14. The van der Waals surface area contributed by atoms with E-state index in [4.69, 9.17) is 17.3 Å². The van der Waals surface area contributed by atoms with Crippen molar-refractivity contribution < 1.29 is 0 Å². The maximum atomic E-state index is 6.31. The van der Waals surface area contributed by atoms with E-state index >= 15 is 0 Å². The minimum absolute atomic E-state index is 0.124. The molecule has 1 saturated carbocycles. The summed E-state index contributed by atoms with van der Waals surface area (Å²) < 4.78 is 0. The van der Waals surface area contributed by atoms with Crippen molar-refractivity contribution in [3.8, 4) is 0 Å². The molecule has 0 amide bonds. The van der Waals surface area contributed by atoms with Gasteiger partial charge in [0.15, 0.2) is 0 Å². The van der Waals surface area contributed by atoms with Crippen molar-refractivity contribution in [3.63, 3.8) is 0 Å². The highest BCUT2D eigenvalue weighted by atomic mass is 35.5. The van der Waals surface area contributed by atoms with Crippen LogP contribution in [-0.2, 0) is 5.41 Å². The molecule has 3 heteroatoms. The van der Waals surface area contributed by atoms with E-state index in [1.165, 1.54) is 11.1 Å². The van der Waals surface area contributed by atoms with Gasteiger partial charge in [0.05, 0.1) is 0 Å². The van der Waals surface area contributed by atoms with Gasteiger partial charge in [0.1, 0.15) is 0 Å². The van der Waals surface area contributed by atoms with Gasteiger partial charge in [-0.3, -0.25) is 0 Å². The van der Waals surface area contributed by atoms with Crippen molar-refractivity contribution in [2.75, 3.05) is 0 Å². The Bertz CT molecular complexity index is 573. The molecule has 0 aliphatic heterocycles. The van der Waals surface area contributed by atoms with Crippen LogP contribution in [0.5, 0.6) is 0 Å². The largest absolute Gasteiger partial charge is 0.358 e. The van der Waals surface area contributed by atoms with E-state index in [-0.39, 0.29) is 11.0 Å². The molecular weight excluding hydrogens is 232 g/mol. The molecular formula is C14H17ClN2. The van der Waals surface area contributed by atoms with Gasteiger partial charge in [0.2, 0.25) is 0 Å². The standard InChI is InChI=1S/C14H17ClN2/c1-13(2,16)14(5-6-14)12-8-9-7-10(15)3-4-11(9)17-12/h3-4,7-8,17H,5-6,16H2,1-2H3. The van der Waals surface area contributed by atoms with Crippen LogP contribution in [0, 0.1) is 0 Å². The Hall–Kier alpha value is -0.990. The first-order valence-corrected chi connectivity index (χ1v) is 6.38. The van der Waals surface area contributed by atoms with Gasteiger partial charge < -0.3 is 10.7 Å². The van der Waals surface area contributed by atoms with E-state index < -0.39 is 0 Å². The zero-order chi connectivity index (χ0) is 12.3. The topological polar surface area (TPSA) is 41.8 Å². The molecule has 0 radical (unpaired) electrons. The molecule has 0 spiro atoms. The SMILES string of the molecule is CC(C)(N)C1(c2cc3cc(Cl)ccc3[nH]2)CC1. The number of nitrogens with two attached hydrogens (primary N) is 1. The highest BCUT2D eigenvalue weighted by Crippen LogP contribution is 2.54. The zero-order valence-corrected chi connectivity index (χ0v) is 10.9. The van der Waals surface area contributed by atoms with Gasteiger partial charge in [-0.05, 0) is 51.0 Å². The van der Waals surface area contributed by atoms with Crippen molar-refractivity contribution in [2.24, 2.45) is 5.73 Å². The van der Waals surface area contributed by atoms with Crippen LogP contribution in [-0.4, -0.2) is 10.5 Å². The average molecular weight is 249 g/mol. The number of nitrogens with one attached hydrogen (secondary N) is 1. The third kappa shape index (κ3) is 1.59. The number of aromatic nitrogens is 1. The molecule has 0 saturated heterocycles. The second kappa shape index (κ2) is 3.27. The maximum absolute atomic E-state index is 6.31. The molecule has 0 bridgehead atoms. The summed E-state index contributed by atoms with van der Waals surface area (Å²) in [5.74, 6) is 0. The van der Waals surface area contributed by atoms with Crippen LogP contribution >= 0.6 is 11.6 Å². The van der Waals surface area contributed by atoms with Crippen molar-refractivity contribution in [2.45, 2.75) is 37.6 Å². The number of fused-ring (bicyclic) bond motifs is 1. The molecule has 3 N–H and O–H groups in total. The molecule has 1 aromatic heterocycles. The van der Waals surface area contributed by atoms with E-state index in [0.717, 1.165) is 23.4 Å². The molecule has 1 aliphatic carbocycles. The molecule has 0 unspecified atom stereocenters. The van der Waals surface area contributed by atoms with Crippen molar-refractivity contribution in [1.29, 1.82) is 0 Å². The molecule has 1 aromatic carbocycles. The maximum Gasteiger partial charge on any atom is 0.0457 e. The lowest BCUT2D eigenvalue weighted by molar-refractivity contribution is 0.385. The first-order valence-electron chi connectivity index (χ1n) is 6.00. The van der Waals surface area contributed by atoms with Gasteiger partial charge in [-0.2, -0.15) is 0 Å². The smallest absolute Gasteiger partial charge is 0.0457 e. The highest BCUT2D eigenvalue weighted by molar-refractivity contribution is 6.31. The lowest BCUT2D eigenvalue weighted by atomic mass is 9.82. The molecule has 17 heavy (non-hydrogen) atoms. The van der Waals surface area contributed by atoms with Gasteiger partial charge in [-0.25, -0.2) is 0 Å². The van der Waals surface area contributed by atoms with E-state index in [1.807, 2.05) is 18.2 Å². The second-order valence-electron chi connectivity index (χ2n) is 5.72. The van der Waals surface area contributed by atoms with E-state index in [0.29, 0.717) is 0 Å². The van der Waals surface area contributed by atoms with E-state index in [2.05, 4.69) is 24.9 Å². The Labute approximate surface area is 106 Å². The molecule has 3 rings (SSSR count). The van der Waals surface area contributed by atoms with Crippen LogP contribution in [0.4, 0.5) is 0 Å². The molecule has 90 valence electrons. The number of benzene rings is 1.